The molecule has 0 unspecified atom stereocenters. The van der Waals surface area contributed by atoms with Crippen molar-refractivity contribution in [3.63, 3.8) is 0 Å². The molecule has 3 aromatic rings. The topological polar surface area (TPSA) is 55.6 Å². The molecule has 1 aromatic heterocycles. The van der Waals surface area contributed by atoms with Gasteiger partial charge in [-0.2, -0.15) is 0 Å². The van der Waals surface area contributed by atoms with Gasteiger partial charge in [-0.25, -0.2) is 4.98 Å². The molecular weight excluding hydrogens is 268 g/mol. The third-order valence-corrected chi connectivity index (χ3v) is 3.75. The lowest BCUT2D eigenvalue weighted by atomic mass is 10.1. The van der Waals surface area contributed by atoms with Gasteiger partial charge in [-0.1, -0.05) is 6.07 Å². The van der Waals surface area contributed by atoms with Crippen LogP contribution in [0.1, 0.15) is 15.9 Å². The Morgan fingerprint density at radius 1 is 1.24 bits per heavy atom. The average Bonchev–Trinajstić information content (AvgIpc) is 3.11. The molecule has 0 saturated carbocycles. The molecule has 0 spiro atoms. The molecule has 0 radical (unpaired) electrons. The van der Waals surface area contributed by atoms with Gasteiger partial charge in [0.1, 0.15) is 11.3 Å². The Kier molecular flexibility index (Phi) is 2.47. The largest absolute Gasteiger partial charge is 0.497 e. The summed E-state index contributed by atoms with van der Waals surface area (Å²) in [6, 6.07) is 11.1. The molecule has 1 amide bonds. The highest BCUT2D eigenvalue weighted by atomic mass is 16.5. The summed E-state index contributed by atoms with van der Waals surface area (Å²) in [5, 5.41) is 0. The van der Waals surface area contributed by atoms with Gasteiger partial charge in [0.25, 0.3) is 5.91 Å². The van der Waals surface area contributed by atoms with Crippen molar-refractivity contribution in [2.24, 2.45) is 0 Å². The first-order valence-corrected chi connectivity index (χ1v) is 6.58. The molecule has 0 saturated heterocycles. The Labute approximate surface area is 120 Å². The highest BCUT2D eigenvalue weighted by molar-refractivity contribution is 6.10. The highest BCUT2D eigenvalue weighted by Crippen LogP contribution is 2.31. The van der Waals surface area contributed by atoms with E-state index in [4.69, 9.17) is 9.15 Å². The number of nitrogens with zero attached hydrogens (tertiary/aromatic N) is 2. The molecule has 0 N–H and O–H groups in total. The summed E-state index contributed by atoms with van der Waals surface area (Å²) >= 11 is 0. The van der Waals surface area contributed by atoms with Gasteiger partial charge >= 0.3 is 0 Å². The minimum atomic E-state index is -0.0215. The number of hydrogen-bond donors (Lipinski definition) is 0. The third kappa shape index (κ3) is 1.78. The molecule has 5 heteroatoms. The maximum Gasteiger partial charge on any atom is 0.259 e. The van der Waals surface area contributed by atoms with Crippen LogP contribution in [0.4, 0.5) is 5.69 Å². The van der Waals surface area contributed by atoms with Crippen molar-refractivity contribution in [2.75, 3.05) is 12.0 Å². The number of oxazole rings is 1. The van der Waals surface area contributed by atoms with Gasteiger partial charge in [0.15, 0.2) is 12.0 Å². The molecule has 2 heterocycles. The van der Waals surface area contributed by atoms with Crippen molar-refractivity contribution >= 4 is 22.7 Å². The fraction of sp³-hybridized carbons (Fsp3) is 0.125. The Morgan fingerprint density at radius 3 is 3.00 bits per heavy atom. The van der Waals surface area contributed by atoms with Crippen LogP contribution >= 0.6 is 0 Å². The zero-order valence-corrected chi connectivity index (χ0v) is 11.4. The number of amides is 1. The Morgan fingerprint density at radius 2 is 2.14 bits per heavy atom. The van der Waals surface area contributed by atoms with Crippen molar-refractivity contribution in [2.45, 2.75) is 6.54 Å². The Balaban J connectivity index is 1.75. The molecule has 0 fully saturated rings. The number of hydrogen-bond acceptors (Lipinski definition) is 4. The number of carbonyl (C=O) groups excluding carboxylic acids is 1. The quantitative estimate of drug-likeness (QED) is 0.724. The predicted molar refractivity (Wildman–Crippen MR) is 77.5 cm³/mol. The van der Waals surface area contributed by atoms with E-state index in [1.807, 2.05) is 30.3 Å². The highest BCUT2D eigenvalue weighted by Gasteiger charge is 2.29. The molecule has 1 aliphatic rings. The van der Waals surface area contributed by atoms with Gasteiger partial charge in [-0.3, -0.25) is 4.79 Å². The van der Waals surface area contributed by atoms with Crippen LogP contribution in [-0.2, 0) is 6.54 Å². The van der Waals surface area contributed by atoms with Crippen LogP contribution in [0.5, 0.6) is 5.75 Å². The normalized spacial score (nSPS) is 13.8. The van der Waals surface area contributed by atoms with Gasteiger partial charge in [0.05, 0.1) is 13.7 Å². The number of aromatic nitrogens is 1. The number of benzene rings is 2. The molecule has 0 aliphatic carbocycles. The summed E-state index contributed by atoms with van der Waals surface area (Å²) < 4.78 is 10.4. The molecular formula is C16H12N2O3. The maximum atomic E-state index is 12.6. The number of anilines is 1. The zero-order valence-electron chi connectivity index (χ0n) is 11.4. The molecule has 0 bridgehead atoms. The smallest absolute Gasteiger partial charge is 0.259 e. The Bertz CT molecular complexity index is 854. The average molecular weight is 280 g/mol. The van der Waals surface area contributed by atoms with E-state index in [2.05, 4.69) is 4.98 Å². The SMILES string of the molecule is COc1ccc2c(c1)C(=O)N(c1ccc3ocnc3c1)C2. The molecule has 0 atom stereocenters. The van der Waals surface area contributed by atoms with Gasteiger partial charge in [-0.05, 0) is 35.9 Å². The summed E-state index contributed by atoms with van der Waals surface area (Å²) in [5.74, 6) is 0.669. The molecule has 104 valence electrons. The number of carbonyl (C=O) groups is 1. The van der Waals surface area contributed by atoms with E-state index in [1.54, 1.807) is 18.1 Å². The van der Waals surface area contributed by atoms with Crippen molar-refractivity contribution in [3.8, 4) is 5.75 Å². The van der Waals surface area contributed by atoms with Crippen molar-refractivity contribution in [1.29, 1.82) is 0 Å². The summed E-state index contributed by atoms with van der Waals surface area (Å²) in [6.07, 6.45) is 1.40. The fourth-order valence-electron chi connectivity index (χ4n) is 2.63. The molecule has 1 aliphatic heterocycles. The summed E-state index contributed by atoms with van der Waals surface area (Å²) in [4.78, 5) is 18.4. The zero-order chi connectivity index (χ0) is 14.4. The molecule has 21 heavy (non-hydrogen) atoms. The lowest BCUT2D eigenvalue weighted by Crippen LogP contribution is -2.22. The van der Waals surface area contributed by atoms with E-state index in [9.17, 15) is 4.79 Å². The van der Waals surface area contributed by atoms with Gasteiger partial charge in [-0.15, -0.1) is 0 Å². The van der Waals surface area contributed by atoms with Crippen LogP contribution in [-0.4, -0.2) is 18.0 Å². The summed E-state index contributed by atoms with van der Waals surface area (Å²) in [5.41, 5.74) is 3.96. The fourth-order valence-corrected chi connectivity index (χ4v) is 2.63. The second-order valence-corrected chi connectivity index (χ2v) is 4.92. The van der Waals surface area contributed by atoms with Gasteiger partial charge in [0, 0.05) is 11.3 Å². The van der Waals surface area contributed by atoms with E-state index < -0.39 is 0 Å². The second-order valence-electron chi connectivity index (χ2n) is 4.92. The molecule has 5 nitrogen and oxygen atoms in total. The van der Waals surface area contributed by atoms with Crippen LogP contribution in [0.15, 0.2) is 47.2 Å². The molecule has 2 aromatic carbocycles. The van der Waals surface area contributed by atoms with Crippen molar-refractivity contribution in [3.05, 3.63) is 53.9 Å². The lowest BCUT2D eigenvalue weighted by Gasteiger charge is -2.15. The number of rotatable bonds is 2. The van der Waals surface area contributed by atoms with Crippen LogP contribution in [0.25, 0.3) is 11.1 Å². The molecule has 4 rings (SSSR count). The van der Waals surface area contributed by atoms with E-state index >= 15 is 0 Å². The Hall–Kier alpha value is -2.82. The monoisotopic (exact) mass is 280 g/mol. The standard InChI is InChI=1S/C16H12N2O3/c1-20-12-4-2-10-8-18(16(19)13(10)7-12)11-3-5-15-14(6-11)17-9-21-15/h2-7,9H,8H2,1H3. The number of methoxy groups -OCH3 is 1. The van der Waals surface area contributed by atoms with Crippen LogP contribution in [0, 0.1) is 0 Å². The van der Waals surface area contributed by atoms with Crippen LogP contribution in [0.3, 0.4) is 0 Å². The van der Waals surface area contributed by atoms with Crippen LogP contribution in [0.2, 0.25) is 0 Å². The minimum Gasteiger partial charge on any atom is -0.497 e. The van der Waals surface area contributed by atoms with E-state index in [0.29, 0.717) is 23.4 Å². The summed E-state index contributed by atoms with van der Waals surface area (Å²) in [7, 11) is 1.59. The first kappa shape index (κ1) is 12.0. The second kappa shape index (κ2) is 4.34. The van der Waals surface area contributed by atoms with E-state index in [0.717, 1.165) is 16.8 Å². The van der Waals surface area contributed by atoms with E-state index in [1.165, 1.54) is 6.39 Å². The van der Waals surface area contributed by atoms with Crippen molar-refractivity contribution < 1.29 is 13.9 Å². The van der Waals surface area contributed by atoms with Crippen molar-refractivity contribution in [1.82, 2.24) is 4.98 Å². The first-order chi connectivity index (χ1) is 10.3. The minimum absolute atomic E-state index is 0.0215. The number of ether oxygens (including phenoxy) is 1. The third-order valence-electron chi connectivity index (χ3n) is 3.75. The van der Waals surface area contributed by atoms with Gasteiger partial charge < -0.3 is 14.1 Å². The van der Waals surface area contributed by atoms with Crippen LogP contribution < -0.4 is 9.64 Å². The lowest BCUT2D eigenvalue weighted by molar-refractivity contribution is 0.0996. The van der Waals surface area contributed by atoms with E-state index in [-0.39, 0.29) is 5.91 Å². The summed E-state index contributed by atoms with van der Waals surface area (Å²) in [6.45, 7) is 0.557. The predicted octanol–water partition coefficient (Wildman–Crippen LogP) is 3.00. The first-order valence-electron chi connectivity index (χ1n) is 6.58. The van der Waals surface area contributed by atoms with Gasteiger partial charge in [0.2, 0.25) is 0 Å². The maximum absolute atomic E-state index is 12.6. The number of fused-ring (bicyclic) bond motifs is 2.